The molecule has 14 heavy (non-hydrogen) atoms. The number of allylic oxidation sites excluding steroid dienone is 2. The minimum absolute atomic E-state index is 0.560. The molecule has 2 N–H and O–H groups in total. The number of nitrogens with two attached hydrogens (primary N) is 1. The summed E-state index contributed by atoms with van der Waals surface area (Å²) in [6, 6.07) is 0. The van der Waals surface area contributed by atoms with Crippen LogP contribution < -0.4 is 5.73 Å². The van der Waals surface area contributed by atoms with Crippen molar-refractivity contribution in [1.82, 2.24) is 5.01 Å². The lowest BCUT2D eigenvalue weighted by Gasteiger charge is -2.17. The largest absolute Gasteiger partial charge is 0.498 e. The molecule has 7 heteroatoms. The van der Waals surface area contributed by atoms with Crippen LogP contribution in [0.4, 0.5) is 0 Å². The fourth-order valence-electron chi connectivity index (χ4n) is 1.03. The molecule has 76 valence electrons. The zero-order valence-electron chi connectivity index (χ0n) is 7.49. The third-order valence-electron chi connectivity index (χ3n) is 1.58. The maximum atomic E-state index is 11.0. The van der Waals surface area contributed by atoms with Gasteiger partial charge in [-0.15, -0.1) is 13.4 Å². The Balaban J connectivity index is 3.16. The molecule has 0 aromatic heterocycles. The summed E-state index contributed by atoms with van der Waals surface area (Å²) in [7, 11) is -2.66. The van der Waals surface area contributed by atoms with Crippen molar-refractivity contribution in [2.75, 3.05) is 0 Å². The molecule has 0 aliphatic carbocycles. The molecule has 0 fully saturated rings. The molecular weight excluding hydrogens is 206 g/mol. The standard InChI is InChI=1S/C7H10N3O3S/c1-6(11)10(14(12)13)9-5-3-2-4-7(9)8/h2-5,7H,8H2,1H3/q+1. The maximum Gasteiger partial charge on any atom is 0.498 e. The summed E-state index contributed by atoms with van der Waals surface area (Å²) in [5, 5.41) is 1.13. The Bertz CT molecular complexity index is 427. The van der Waals surface area contributed by atoms with Crippen LogP contribution in [0.5, 0.6) is 0 Å². The molecule has 0 saturated carbocycles. The van der Waals surface area contributed by atoms with Crippen molar-refractivity contribution < 1.29 is 17.3 Å². The van der Waals surface area contributed by atoms with E-state index in [1.807, 2.05) is 0 Å². The van der Waals surface area contributed by atoms with E-state index in [9.17, 15) is 13.2 Å². The lowest BCUT2D eigenvalue weighted by molar-refractivity contribution is -0.588. The van der Waals surface area contributed by atoms with Gasteiger partial charge in [-0.25, -0.2) is 4.79 Å². The van der Waals surface area contributed by atoms with Crippen LogP contribution >= 0.6 is 0 Å². The van der Waals surface area contributed by atoms with E-state index in [4.69, 9.17) is 5.73 Å². The van der Waals surface area contributed by atoms with Crippen molar-refractivity contribution in [3.8, 4) is 0 Å². The highest BCUT2D eigenvalue weighted by atomic mass is 32.2. The minimum Gasteiger partial charge on any atom is -0.303 e. The first-order valence-electron chi connectivity index (χ1n) is 3.83. The number of hydrogen-bond acceptors (Lipinski definition) is 4. The zero-order valence-corrected chi connectivity index (χ0v) is 8.31. The van der Waals surface area contributed by atoms with Crippen molar-refractivity contribution in [3.63, 3.8) is 0 Å². The second kappa shape index (κ2) is 4.16. The topological polar surface area (TPSA) is 83.5 Å². The summed E-state index contributed by atoms with van der Waals surface area (Å²) in [6.07, 6.45) is 5.60. The van der Waals surface area contributed by atoms with Gasteiger partial charge in [0.2, 0.25) is 0 Å². The normalized spacial score (nSPS) is 19.6. The molecule has 1 heterocycles. The van der Waals surface area contributed by atoms with Gasteiger partial charge in [0.15, 0.2) is 6.17 Å². The third kappa shape index (κ3) is 2.06. The van der Waals surface area contributed by atoms with Crippen molar-refractivity contribution in [1.29, 1.82) is 0 Å². The Morgan fingerprint density at radius 2 is 2.14 bits per heavy atom. The molecule has 0 spiro atoms. The molecule has 0 aromatic rings. The van der Waals surface area contributed by atoms with Gasteiger partial charge in [0.05, 0.1) is 17.2 Å². The Labute approximate surface area is 82.6 Å². The number of carbonyl (C=O) groups excluding carboxylic acids is 1. The highest BCUT2D eigenvalue weighted by molar-refractivity contribution is 7.59. The number of hydrazine groups is 1. The molecule has 0 saturated heterocycles. The van der Waals surface area contributed by atoms with E-state index in [1.54, 1.807) is 18.2 Å². The fourth-order valence-corrected chi connectivity index (χ4v) is 1.56. The number of nitrogens with zero attached hydrogens (tertiary/aromatic N) is 2. The van der Waals surface area contributed by atoms with Crippen LogP contribution in [-0.4, -0.2) is 29.6 Å². The lowest BCUT2D eigenvalue weighted by atomic mass is 10.3. The maximum absolute atomic E-state index is 11.0. The van der Waals surface area contributed by atoms with Crippen LogP contribution in [0.15, 0.2) is 24.4 Å². The van der Waals surface area contributed by atoms with E-state index in [0.717, 1.165) is 11.9 Å². The summed E-state index contributed by atoms with van der Waals surface area (Å²) in [6.45, 7) is 1.15. The predicted molar refractivity (Wildman–Crippen MR) is 48.0 cm³/mol. The van der Waals surface area contributed by atoms with Crippen molar-refractivity contribution >= 4 is 16.4 Å². The van der Waals surface area contributed by atoms with Gasteiger partial charge >= 0.3 is 16.4 Å². The van der Waals surface area contributed by atoms with Crippen LogP contribution in [0.1, 0.15) is 6.92 Å². The van der Waals surface area contributed by atoms with E-state index < -0.39 is 22.6 Å². The molecule has 6 nitrogen and oxygen atoms in total. The molecule has 1 aliphatic heterocycles. The number of amides is 1. The Kier molecular flexibility index (Phi) is 3.15. The fraction of sp³-hybridized carbons (Fsp3) is 0.286. The summed E-state index contributed by atoms with van der Waals surface area (Å²) in [5.74, 6) is -0.617. The molecular formula is C7H10N3O3S+. The number of hydrogen-bond donors (Lipinski definition) is 1. The minimum atomic E-state index is -2.66. The molecule has 1 unspecified atom stereocenters. The Morgan fingerprint density at radius 1 is 1.50 bits per heavy atom. The lowest BCUT2D eigenvalue weighted by Crippen LogP contribution is -2.46. The van der Waals surface area contributed by atoms with Gasteiger partial charge < -0.3 is 5.73 Å². The van der Waals surface area contributed by atoms with E-state index in [0.29, 0.717) is 4.05 Å². The van der Waals surface area contributed by atoms with Crippen molar-refractivity contribution in [2.24, 2.45) is 5.73 Å². The summed E-state index contributed by atoms with van der Waals surface area (Å²) in [4.78, 5) is 11.0. The smallest absolute Gasteiger partial charge is 0.303 e. The number of rotatable bonds is 1. The third-order valence-corrected chi connectivity index (χ3v) is 2.31. The van der Waals surface area contributed by atoms with Crippen LogP contribution in [0.25, 0.3) is 0 Å². The quantitative estimate of drug-likeness (QED) is 0.580. The monoisotopic (exact) mass is 216 g/mol. The van der Waals surface area contributed by atoms with Gasteiger partial charge in [0, 0.05) is 0 Å². The van der Waals surface area contributed by atoms with Crippen LogP contribution in [-0.2, 0) is 15.3 Å². The van der Waals surface area contributed by atoms with Gasteiger partial charge in [-0.05, 0) is 12.2 Å². The first-order chi connectivity index (χ1) is 6.54. The number of carbonyl (C=O) groups is 1. The van der Waals surface area contributed by atoms with E-state index >= 15 is 0 Å². The van der Waals surface area contributed by atoms with E-state index in [-0.39, 0.29) is 0 Å². The zero-order chi connectivity index (χ0) is 10.7. The second-order valence-electron chi connectivity index (χ2n) is 2.61. The van der Waals surface area contributed by atoms with Crippen LogP contribution in [0.2, 0.25) is 0 Å². The van der Waals surface area contributed by atoms with Gasteiger partial charge in [0.25, 0.3) is 0 Å². The summed E-state index contributed by atoms with van der Waals surface area (Å²) in [5.41, 5.74) is 5.58. The first-order valence-corrected chi connectivity index (χ1v) is 4.86. The SMILES string of the molecule is CC(=O)[N+](N1C=CC=CC1N)=S(=O)=O. The highest BCUT2D eigenvalue weighted by Crippen LogP contribution is 2.04. The Hall–Kier alpha value is -1.47. The van der Waals surface area contributed by atoms with Crippen molar-refractivity contribution in [2.45, 2.75) is 13.1 Å². The molecule has 1 atom stereocenters. The van der Waals surface area contributed by atoms with E-state index in [2.05, 4.69) is 0 Å². The van der Waals surface area contributed by atoms with Crippen LogP contribution in [0, 0.1) is 0 Å². The molecule has 1 aliphatic rings. The first kappa shape index (κ1) is 10.6. The summed E-state index contributed by atoms with van der Waals surface area (Å²) < 4.78 is 22.0. The Morgan fingerprint density at radius 3 is 2.57 bits per heavy atom. The van der Waals surface area contributed by atoms with Crippen LogP contribution in [0.3, 0.4) is 0 Å². The van der Waals surface area contributed by atoms with Gasteiger partial charge in [-0.2, -0.15) is 0 Å². The summed E-state index contributed by atoms with van der Waals surface area (Å²) >= 11 is 0. The van der Waals surface area contributed by atoms with Gasteiger partial charge in [0.1, 0.15) is 0 Å². The van der Waals surface area contributed by atoms with Gasteiger partial charge in [-0.1, -0.05) is 6.08 Å². The average molecular weight is 216 g/mol. The molecule has 1 amide bonds. The molecule has 0 aromatic carbocycles. The molecule has 0 radical (unpaired) electrons. The van der Waals surface area contributed by atoms with Crippen molar-refractivity contribution in [3.05, 3.63) is 24.4 Å². The second-order valence-corrected chi connectivity index (χ2v) is 3.39. The molecule has 0 bridgehead atoms. The van der Waals surface area contributed by atoms with Gasteiger partial charge in [-0.3, -0.25) is 0 Å². The molecule has 1 rings (SSSR count). The van der Waals surface area contributed by atoms with E-state index in [1.165, 1.54) is 6.20 Å². The predicted octanol–water partition coefficient (Wildman–Crippen LogP) is -0.807. The highest BCUT2D eigenvalue weighted by Gasteiger charge is 2.28. The average Bonchev–Trinajstić information content (AvgIpc) is 2.07.